The van der Waals surface area contributed by atoms with Gasteiger partial charge in [0.15, 0.2) is 0 Å². The predicted molar refractivity (Wildman–Crippen MR) is 96.2 cm³/mol. The van der Waals surface area contributed by atoms with Crippen molar-refractivity contribution in [1.29, 1.82) is 0 Å². The fraction of sp³-hybridized carbons (Fsp3) is 0.895. The van der Waals surface area contributed by atoms with Gasteiger partial charge >= 0.3 is 0 Å². The molecule has 2 saturated heterocycles. The summed E-state index contributed by atoms with van der Waals surface area (Å²) in [6.45, 7) is 7.12. The van der Waals surface area contributed by atoms with Crippen LogP contribution in [0.15, 0.2) is 0 Å². The van der Waals surface area contributed by atoms with Gasteiger partial charge in [-0.1, -0.05) is 13.8 Å². The van der Waals surface area contributed by atoms with E-state index in [4.69, 9.17) is 9.47 Å². The molecule has 25 heavy (non-hydrogen) atoms. The number of nitrogens with zero attached hydrogens (tertiary/aromatic N) is 2. The first-order valence-electron chi connectivity index (χ1n) is 9.78. The molecular formula is C19H34N2O4. The maximum absolute atomic E-state index is 12.8. The Bertz CT molecular complexity index is 433. The second-order valence-corrected chi connectivity index (χ2v) is 7.17. The lowest BCUT2D eigenvalue weighted by Gasteiger charge is -2.44. The van der Waals surface area contributed by atoms with Crippen molar-refractivity contribution in [2.24, 2.45) is 5.92 Å². The van der Waals surface area contributed by atoms with Crippen LogP contribution in [0, 0.1) is 5.92 Å². The maximum Gasteiger partial charge on any atom is 0.249 e. The van der Waals surface area contributed by atoms with Gasteiger partial charge in [-0.3, -0.25) is 9.59 Å². The lowest BCUT2D eigenvalue weighted by molar-refractivity contribution is -0.148. The molecule has 0 aliphatic carbocycles. The molecule has 0 bridgehead atoms. The Labute approximate surface area is 151 Å². The van der Waals surface area contributed by atoms with Crippen LogP contribution in [-0.4, -0.2) is 73.7 Å². The lowest BCUT2D eigenvalue weighted by Crippen LogP contribution is -2.57. The van der Waals surface area contributed by atoms with Crippen molar-refractivity contribution >= 4 is 11.8 Å². The van der Waals surface area contributed by atoms with Gasteiger partial charge in [0.1, 0.15) is 6.61 Å². The molecule has 0 N–H and O–H groups in total. The molecule has 1 atom stereocenters. The highest BCUT2D eigenvalue weighted by Crippen LogP contribution is 2.25. The lowest BCUT2D eigenvalue weighted by atomic mass is 9.96. The summed E-state index contributed by atoms with van der Waals surface area (Å²) in [5.41, 5.74) is 0. The molecular weight excluding hydrogens is 320 g/mol. The number of likely N-dealkylation sites (tertiary alicyclic amines) is 1. The minimum absolute atomic E-state index is 0.0382. The number of methoxy groups -OCH3 is 1. The van der Waals surface area contributed by atoms with Crippen LogP contribution in [0.2, 0.25) is 0 Å². The summed E-state index contributed by atoms with van der Waals surface area (Å²) in [4.78, 5) is 29.5. The van der Waals surface area contributed by atoms with Crippen molar-refractivity contribution < 1.29 is 19.1 Å². The molecule has 0 aromatic rings. The molecule has 2 heterocycles. The van der Waals surface area contributed by atoms with E-state index >= 15 is 0 Å². The minimum atomic E-state index is 0.0382. The van der Waals surface area contributed by atoms with Crippen molar-refractivity contribution in [3.8, 4) is 0 Å². The summed E-state index contributed by atoms with van der Waals surface area (Å²) in [7, 11) is 1.56. The number of hydrogen-bond donors (Lipinski definition) is 0. The first-order chi connectivity index (χ1) is 12.1. The summed E-state index contributed by atoms with van der Waals surface area (Å²) < 4.78 is 10.6. The Morgan fingerprint density at radius 2 is 1.84 bits per heavy atom. The normalized spacial score (nSPS) is 22.2. The zero-order chi connectivity index (χ0) is 18.2. The van der Waals surface area contributed by atoms with Gasteiger partial charge in [-0.05, 0) is 38.5 Å². The second kappa shape index (κ2) is 10.1. The number of amides is 2. The number of carbonyl (C=O) groups excluding carboxylic acids is 2. The topological polar surface area (TPSA) is 59.1 Å². The molecule has 2 aliphatic rings. The molecule has 6 nitrogen and oxygen atoms in total. The van der Waals surface area contributed by atoms with Crippen molar-refractivity contribution in [2.75, 3.05) is 40.0 Å². The predicted octanol–water partition coefficient (Wildman–Crippen LogP) is 2.07. The summed E-state index contributed by atoms with van der Waals surface area (Å²) >= 11 is 0. The van der Waals surface area contributed by atoms with Gasteiger partial charge in [-0.2, -0.15) is 0 Å². The highest BCUT2D eigenvalue weighted by atomic mass is 16.5. The Kier molecular flexibility index (Phi) is 8.16. The van der Waals surface area contributed by atoms with Gasteiger partial charge in [-0.15, -0.1) is 0 Å². The first-order valence-corrected chi connectivity index (χ1v) is 9.78. The van der Waals surface area contributed by atoms with Crippen LogP contribution in [0.4, 0.5) is 0 Å². The smallest absolute Gasteiger partial charge is 0.249 e. The van der Waals surface area contributed by atoms with E-state index in [1.54, 1.807) is 7.11 Å². The molecule has 2 rings (SSSR count). The highest BCUT2D eigenvalue weighted by Gasteiger charge is 2.36. The van der Waals surface area contributed by atoms with Gasteiger partial charge in [0, 0.05) is 51.4 Å². The number of hydrogen-bond acceptors (Lipinski definition) is 4. The molecule has 6 heteroatoms. The summed E-state index contributed by atoms with van der Waals surface area (Å²) in [5.74, 6) is 0.391. The van der Waals surface area contributed by atoms with Gasteiger partial charge in [-0.25, -0.2) is 0 Å². The van der Waals surface area contributed by atoms with Crippen molar-refractivity contribution in [3.05, 3.63) is 0 Å². The standard InChI is InChI=1S/C19H34N2O4/c1-4-15(5-2)19(23)20-10-6-7-17(13-20)21(18(22)14-24-3)16-8-11-25-12-9-16/h15-17H,4-14H2,1-3H3. The average molecular weight is 354 g/mol. The van der Waals surface area contributed by atoms with E-state index in [1.165, 1.54) is 0 Å². The Morgan fingerprint density at radius 3 is 2.44 bits per heavy atom. The third-order valence-electron chi connectivity index (χ3n) is 5.58. The first kappa shape index (κ1) is 20.2. The van der Waals surface area contributed by atoms with Crippen LogP contribution in [-0.2, 0) is 19.1 Å². The van der Waals surface area contributed by atoms with Crippen LogP contribution in [0.3, 0.4) is 0 Å². The molecule has 2 fully saturated rings. The van der Waals surface area contributed by atoms with E-state index in [1.807, 2.05) is 9.80 Å². The molecule has 2 amide bonds. The van der Waals surface area contributed by atoms with E-state index in [0.717, 1.165) is 45.1 Å². The zero-order valence-electron chi connectivity index (χ0n) is 16.0. The molecule has 1 unspecified atom stereocenters. The average Bonchev–Trinajstić information content (AvgIpc) is 2.64. The highest BCUT2D eigenvalue weighted by molar-refractivity contribution is 5.80. The van der Waals surface area contributed by atoms with Crippen LogP contribution in [0.1, 0.15) is 52.4 Å². The van der Waals surface area contributed by atoms with Gasteiger partial charge in [0.25, 0.3) is 0 Å². The SMILES string of the molecule is CCC(CC)C(=O)N1CCCC(N(C(=O)COC)C2CCOCC2)C1. The molecule has 0 aromatic heterocycles. The van der Waals surface area contributed by atoms with E-state index in [9.17, 15) is 9.59 Å². The molecule has 0 saturated carbocycles. The quantitative estimate of drug-likeness (QED) is 0.702. The Balaban J connectivity index is 2.10. The van der Waals surface area contributed by atoms with Crippen molar-refractivity contribution in [1.82, 2.24) is 9.80 Å². The number of rotatable bonds is 7. The molecule has 2 aliphatic heterocycles. The third-order valence-corrected chi connectivity index (χ3v) is 5.58. The van der Waals surface area contributed by atoms with E-state index in [0.29, 0.717) is 19.8 Å². The summed E-state index contributed by atoms with van der Waals surface area (Å²) in [6, 6.07) is 0.294. The van der Waals surface area contributed by atoms with Crippen LogP contribution >= 0.6 is 0 Å². The monoisotopic (exact) mass is 354 g/mol. The van der Waals surface area contributed by atoms with Crippen molar-refractivity contribution in [3.63, 3.8) is 0 Å². The maximum atomic E-state index is 12.8. The molecule has 0 aromatic carbocycles. The molecule has 0 radical (unpaired) electrons. The fourth-order valence-corrected chi connectivity index (χ4v) is 4.14. The third kappa shape index (κ3) is 5.17. The minimum Gasteiger partial charge on any atom is -0.381 e. The summed E-state index contributed by atoms with van der Waals surface area (Å²) in [5, 5.41) is 0. The zero-order valence-corrected chi connectivity index (χ0v) is 16.0. The Hall–Kier alpha value is -1.14. The number of carbonyl (C=O) groups is 2. The second-order valence-electron chi connectivity index (χ2n) is 7.17. The Morgan fingerprint density at radius 1 is 1.16 bits per heavy atom. The van der Waals surface area contributed by atoms with E-state index < -0.39 is 0 Å². The van der Waals surface area contributed by atoms with Gasteiger partial charge < -0.3 is 19.3 Å². The van der Waals surface area contributed by atoms with Crippen LogP contribution in [0.25, 0.3) is 0 Å². The van der Waals surface area contributed by atoms with Gasteiger partial charge in [0.05, 0.1) is 0 Å². The largest absolute Gasteiger partial charge is 0.381 e. The molecule has 0 spiro atoms. The van der Waals surface area contributed by atoms with E-state index in [2.05, 4.69) is 13.8 Å². The van der Waals surface area contributed by atoms with Crippen LogP contribution in [0.5, 0.6) is 0 Å². The van der Waals surface area contributed by atoms with E-state index in [-0.39, 0.29) is 36.4 Å². The number of piperidine rings is 1. The van der Waals surface area contributed by atoms with Crippen molar-refractivity contribution in [2.45, 2.75) is 64.5 Å². The number of ether oxygens (including phenoxy) is 2. The van der Waals surface area contributed by atoms with Gasteiger partial charge in [0.2, 0.25) is 11.8 Å². The summed E-state index contributed by atoms with van der Waals surface area (Å²) in [6.07, 6.45) is 5.40. The fourth-order valence-electron chi connectivity index (χ4n) is 4.14. The van der Waals surface area contributed by atoms with Crippen LogP contribution < -0.4 is 0 Å². The molecule has 144 valence electrons.